The Bertz CT molecular complexity index is 588. The van der Waals surface area contributed by atoms with Gasteiger partial charge >= 0.3 is 0 Å². The van der Waals surface area contributed by atoms with Crippen LogP contribution in [0.3, 0.4) is 0 Å². The maximum atomic E-state index is 9.54. The number of rotatable bonds is 2. The zero-order chi connectivity index (χ0) is 12.3. The Morgan fingerprint density at radius 2 is 2.00 bits per heavy atom. The van der Waals surface area contributed by atoms with E-state index in [1.165, 1.54) is 6.20 Å². The Morgan fingerprint density at radius 1 is 1.24 bits per heavy atom. The standard InChI is InChI=1S/C13H10N2O2/c1-9-11(16)4-2-5-12(9)17-13-6-3-7-15-10(13)8-14/h2-7,16H,1H3. The molecule has 0 fully saturated rings. The van der Waals surface area contributed by atoms with Crippen molar-refractivity contribution in [3.8, 4) is 23.3 Å². The molecule has 0 amide bonds. The van der Waals surface area contributed by atoms with Crippen LogP contribution in [0.4, 0.5) is 0 Å². The van der Waals surface area contributed by atoms with E-state index in [0.29, 0.717) is 17.1 Å². The highest BCUT2D eigenvalue weighted by Gasteiger charge is 2.08. The summed E-state index contributed by atoms with van der Waals surface area (Å²) in [6.07, 6.45) is 1.53. The molecule has 0 atom stereocenters. The van der Waals surface area contributed by atoms with E-state index in [9.17, 15) is 5.11 Å². The van der Waals surface area contributed by atoms with Crippen LogP contribution in [0.15, 0.2) is 36.5 Å². The van der Waals surface area contributed by atoms with E-state index in [4.69, 9.17) is 10.00 Å². The van der Waals surface area contributed by atoms with Gasteiger partial charge < -0.3 is 9.84 Å². The lowest BCUT2D eigenvalue weighted by Crippen LogP contribution is -1.92. The summed E-state index contributed by atoms with van der Waals surface area (Å²) >= 11 is 0. The van der Waals surface area contributed by atoms with Gasteiger partial charge in [-0.2, -0.15) is 5.26 Å². The summed E-state index contributed by atoms with van der Waals surface area (Å²) in [5, 5.41) is 18.4. The molecular weight excluding hydrogens is 216 g/mol. The molecule has 0 radical (unpaired) electrons. The predicted molar refractivity (Wildman–Crippen MR) is 61.9 cm³/mol. The predicted octanol–water partition coefficient (Wildman–Crippen LogP) is 2.76. The molecule has 17 heavy (non-hydrogen) atoms. The summed E-state index contributed by atoms with van der Waals surface area (Å²) in [6, 6.07) is 10.3. The molecule has 4 nitrogen and oxygen atoms in total. The second-order valence-corrected chi connectivity index (χ2v) is 3.46. The lowest BCUT2D eigenvalue weighted by molar-refractivity contribution is 0.446. The van der Waals surface area contributed by atoms with Crippen LogP contribution in [0.5, 0.6) is 17.2 Å². The van der Waals surface area contributed by atoms with E-state index in [0.717, 1.165) is 0 Å². The van der Waals surface area contributed by atoms with Crippen molar-refractivity contribution >= 4 is 0 Å². The Labute approximate surface area is 98.7 Å². The summed E-state index contributed by atoms with van der Waals surface area (Å²) in [4.78, 5) is 3.90. The number of hydrogen-bond donors (Lipinski definition) is 1. The van der Waals surface area contributed by atoms with Gasteiger partial charge in [-0.25, -0.2) is 4.98 Å². The Balaban J connectivity index is 2.39. The van der Waals surface area contributed by atoms with Crippen LogP contribution in [-0.2, 0) is 0 Å². The number of aromatic nitrogens is 1. The summed E-state index contributed by atoms with van der Waals surface area (Å²) in [5.74, 6) is 1.04. The maximum Gasteiger partial charge on any atom is 0.183 e. The molecule has 0 saturated carbocycles. The fourth-order valence-electron chi connectivity index (χ4n) is 1.39. The molecule has 0 saturated heterocycles. The van der Waals surface area contributed by atoms with E-state index >= 15 is 0 Å². The summed E-state index contributed by atoms with van der Waals surface area (Å²) < 4.78 is 5.57. The molecule has 1 heterocycles. The highest BCUT2D eigenvalue weighted by Crippen LogP contribution is 2.30. The third-order valence-electron chi connectivity index (χ3n) is 2.35. The van der Waals surface area contributed by atoms with Gasteiger partial charge in [0, 0.05) is 11.8 Å². The number of pyridine rings is 1. The van der Waals surface area contributed by atoms with Gasteiger partial charge in [0.25, 0.3) is 0 Å². The first-order chi connectivity index (χ1) is 8.22. The number of aromatic hydroxyl groups is 1. The van der Waals surface area contributed by atoms with Gasteiger partial charge in [-0.15, -0.1) is 0 Å². The zero-order valence-electron chi connectivity index (χ0n) is 9.21. The molecule has 0 aliphatic carbocycles. The molecule has 0 bridgehead atoms. The topological polar surface area (TPSA) is 66.1 Å². The summed E-state index contributed by atoms with van der Waals surface area (Å²) in [7, 11) is 0. The third-order valence-corrected chi connectivity index (χ3v) is 2.35. The minimum absolute atomic E-state index is 0.157. The smallest absolute Gasteiger partial charge is 0.183 e. The van der Waals surface area contributed by atoms with Crippen molar-refractivity contribution < 1.29 is 9.84 Å². The van der Waals surface area contributed by atoms with Crippen molar-refractivity contribution in [3.05, 3.63) is 47.8 Å². The average Bonchev–Trinajstić information content (AvgIpc) is 2.35. The van der Waals surface area contributed by atoms with Crippen LogP contribution >= 0.6 is 0 Å². The van der Waals surface area contributed by atoms with Crippen molar-refractivity contribution in [2.75, 3.05) is 0 Å². The molecule has 0 unspecified atom stereocenters. The minimum atomic E-state index is 0.157. The zero-order valence-corrected chi connectivity index (χ0v) is 9.21. The lowest BCUT2D eigenvalue weighted by atomic mass is 10.2. The number of hydrogen-bond acceptors (Lipinski definition) is 4. The molecule has 84 valence electrons. The average molecular weight is 226 g/mol. The van der Waals surface area contributed by atoms with Gasteiger partial charge in [-0.05, 0) is 31.2 Å². The lowest BCUT2D eigenvalue weighted by Gasteiger charge is -2.09. The van der Waals surface area contributed by atoms with Crippen molar-refractivity contribution in [2.24, 2.45) is 0 Å². The first-order valence-electron chi connectivity index (χ1n) is 5.04. The fourth-order valence-corrected chi connectivity index (χ4v) is 1.39. The molecule has 4 heteroatoms. The number of phenols is 1. The van der Waals surface area contributed by atoms with Gasteiger partial charge in [-0.3, -0.25) is 0 Å². The van der Waals surface area contributed by atoms with Crippen molar-refractivity contribution in [1.29, 1.82) is 5.26 Å². The largest absolute Gasteiger partial charge is 0.508 e. The van der Waals surface area contributed by atoms with Gasteiger partial charge in [0.1, 0.15) is 17.6 Å². The molecule has 1 aromatic heterocycles. The number of ether oxygens (including phenoxy) is 1. The SMILES string of the molecule is Cc1c(O)cccc1Oc1cccnc1C#N. The van der Waals surface area contributed by atoms with Crippen LogP contribution in [0.1, 0.15) is 11.3 Å². The number of nitrogens with zero attached hydrogens (tertiary/aromatic N) is 2. The van der Waals surface area contributed by atoms with Crippen LogP contribution in [0.25, 0.3) is 0 Å². The minimum Gasteiger partial charge on any atom is -0.508 e. The first-order valence-corrected chi connectivity index (χ1v) is 5.04. The molecule has 2 aromatic rings. The first kappa shape index (κ1) is 11.0. The normalized spacial score (nSPS) is 9.65. The van der Waals surface area contributed by atoms with Gasteiger partial charge in [-0.1, -0.05) is 6.07 Å². The maximum absolute atomic E-state index is 9.54. The van der Waals surface area contributed by atoms with Crippen LogP contribution < -0.4 is 4.74 Å². The van der Waals surface area contributed by atoms with E-state index in [2.05, 4.69) is 4.98 Å². The van der Waals surface area contributed by atoms with E-state index in [-0.39, 0.29) is 11.4 Å². The number of nitriles is 1. The van der Waals surface area contributed by atoms with E-state index in [1.807, 2.05) is 6.07 Å². The second kappa shape index (κ2) is 4.54. The summed E-state index contributed by atoms with van der Waals surface area (Å²) in [5.41, 5.74) is 0.843. The Hall–Kier alpha value is -2.54. The molecule has 1 N–H and O–H groups in total. The molecule has 2 rings (SSSR count). The van der Waals surface area contributed by atoms with Gasteiger partial charge in [0.15, 0.2) is 11.4 Å². The molecule has 0 aliphatic rings. The molecular formula is C13H10N2O2. The van der Waals surface area contributed by atoms with Crippen molar-refractivity contribution in [3.63, 3.8) is 0 Å². The number of phenolic OH excluding ortho intramolecular Hbond substituents is 1. The van der Waals surface area contributed by atoms with Crippen molar-refractivity contribution in [1.82, 2.24) is 4.98 Å². The van der Waals surface area contributed by atoms with E-state index in [1.54, 1.807) is 37.3 Å². The summed E-state index contributed by atoms with van der Waals surface area (Å²) in [6.45, 7) is 1.74. The van der Waals surface area contributed by atoms with Crippen molar-refractivity contribution in [2.45, 2.75) is 6.92 Å². The monoisotopic (exact) mass is 226 g/mol. The molecule has 1 aromatic carbocycles. The van der Waals surface area contributed by atoms with Gasteiger partial charge in [0.05, 0.1) is 0 Å². The third kappa shape index (κ3) is 2.18. The Morgan fingerprint density at radius 3 is 2.76 bits per heavy atom. The quantitative estimate of drug-likeness (QED) is 0.855. The highest BCUT2D eigenvalue weighted by atomic mass is 16.5. The van der Waals surface area contributed by atoms with E-state index < -0.39 is 0 Å². The number of benzene rings is 1. The van der Waals surface area contributed by atoms with Gasteiger partial charge in [0.2, 0.25) is 0 Å². The highest BCUT2D eigenvalue weighted by molar-refractivity contribution is 5.47. The fraction of sp³-hybridized carbons (Fsp3) is 0.0769. The van der Waals surface area contributed by atoms with Crippen LogP contribution in [0.2, 0.25) is 0 Å². The van der Waals surface area contributed by atoms with Crippen LogP contribution in [-0.4, -0.2) is 10.1 Å². The molecule has 0 spiro atoms. The molecule has 0 aliphatic heterocycles. The second-order valence-electron chi connectivity index (χ2n) is 3.46. The Kier molecular flexibility index (Phi) is 2.93. The van der Waals surface area contributed by atoms with Crippen LogP contribution in [0, 0.1) is 18.3 Å².